The van der Waals surface area contributed by atoms with Crippen molar-refractivity contribution in [2.75, 3.05) is 6.79 Å². The number of amides is 2. The third-order valence-electron chi connectivity index (χ3n) is 6.52. The van der Waals surface area contributed by atoms with Crippen molar-refractivity contribution < 1.29 is 19.1 Å². The molecular formula is C24H24ClN3O4S. The molecule has 9 heteroatoms. The predicted molar refractivity (Wildman–Crippen MR) is 127 cm³/mol. The van der Waals surface area contributed by atoms with Gasteiger partial charge in [0, 0.05) is 23.5 Å². The lowest BCUT2D eigenvalue weighted by Gasteiger charge is -2.43. The molecule has 2 N–H and O–H groups in total. The van der Waals surface area contributed by atoms with Crippen LogP contribution in [0.3, 0.4) is 0 Å². The van der Waals surface area contributed by atoms with Gasteiger partial charge in [0.1, 0.15) is 0 Å². The Balaban J connectivity index is 1.17. The molecule has 3 atom stereocenters. The fraction of sp³-hybridized carbons (Fsp3) is 0.375. The summed E-state index contributed by atoms with van der Waals surface area (Å²) in [6.07, 6.45) is 1.90. The van der Waals surface area contributed by atoms with Crippen molar-refractivity contribution in [3.63, 3.8) is 0 Å². The lowest BCUT2D eigenvalue weighted by atomic mass is 9.76. The predicted octanol–water partition coefficient (Wildman–Crippen LogP) is 3.39. The van der Waals surface area contributed by atoms with E-state index in [1.165, 1.54) is 0 Å². The number of thiocarbonyl (C=S) groups is 1. The summed E-state index contributed by atoms with van der Waals surface area (Å²) in [5.41, 5.74) is 1.92. The van der Waals surface area contributed by atoms with Gasteiger partial charge in [0.15, 0.2) is 16.6 Å². The summed E-state index contributed by atoms with van der Waals surface area (Å²) < 4.78 is 10.7. The molecule has 2 amide bonds. The maximum atomic E-state index is 13.2. The Morgan fingerprint density at radius 1 is 1.12 bits per heavy atom. The number of benzene rings is 2. The molecule has 3 aliphatic rings. The van der Waals surface area contributed by atoms with E-state index in [-0.39, 0.29) is 36.5 Å². The van der Waals surface area contributed by atoms with Crippen LogP contribution in [0.2, 0.25) is 5.02 Å². The zero-order valence-corrected chi connectivity index (χ0v) is 19.5. The van der Waals surface area contributed by atoms with Crippen LogP contribution in [0.5, 0.6) is 11.5 Å². The zero-order valence-electron chi connectivity index (χ0n) is 17.9. The maximum Gasteiger partial charge on any atom is 0.234 e. The molecule has 0 radical (unpaired) electrons. The first kappa shape index (κ1) is 22.0. The van der Waals surface area contributed by atoms with Gasteiger partial charge >= 0.3 is 0 Å². The number of nitrogens with zero attached hydrogens (tertiary/aromatic N) is 1. The molecule has 1 saturated heterocycles. The average Bonchev–Trinajstić information content (AvgIpc) is 3.29. The molecule has 2 heterocycles. The topological polar surface area (TPSA) is 79.9 Å². The molecule has 33 heavy (non-hydrogen) atoms. The van der Waals surface area contributed by atoms with E-state index < -0.39 is 0 Å². The number of ether oxygens (including phenoxy) is 2. The van der Waals surface area contributed by atoms with E-state index in [1.54, 1.807) is 17.0 Å². The monoisotopic (exact) mass is 485 g/mol. The highest BCUT2D eigenvalue weighted by Gasteiger charge is 2.44. The minimum atomic E-state index is -0.179. The van der Waals surface area contributed by atoms with Crippen molar-refractivity contribution in [3.8, 4) is 11.5 Å². The number of hydrogen-bond acceptors (Lipinski definition) is 5. The number of halogens is 1. The van der Waals surface area contributed by atoms with Gasteiger partial charge in [-0.05, 0) is 66.9 Å². The van der Waals surface area contributed by atoms with Crippen LogP contribution < -0.4 is 20.1 Å². The number of fused-ring (bicyclic) bond motifs is 2. The number of rotatable bonds is 5. The molecule has 2 aromatic carbocycles. The second-order valence-corrected chi connectivity index (χ2v) is 9.45. The van der Waals surface area contributed by atoms with E-state index in [4.69, 9.17) is 33.3 Å². The molecule has 2 aromatic rings. The number of hydrogen-bond donors (Lipinski definition) is 2. The first-order valence-electron chi connectivity index (χ1n) is 11.0. The minimum Gasteiger partial charge on any atom is -0.454 e. The summed E-state index contributed by atoms with van der Waals surface area (Å²) in [5.74, 6) is 1.10. The smallest absolute Gasteiger partial charge is 0.234 e. The second-order valence-electron chi connectivity index (χ2n) is 8.63. The third-order valence-corrected chi connectivity index (χ3v) is 7.11. The quantitative estimate of drug-likeness (QED) is 0.632. The normalized spacial score (nSPS) is 23.7. The Hall–Kier alpha value is -2.84. The molecular weight excluding hydrogens is 462 g/mol. The van der Waals surface area contributed by atoms with Gasteiger partial charge in [-0.1, -0.05) is 29.8 Å². The van der Waals surface area contributed by atoms with E-state index in [0.29, 0.717) is 48.2 Å². The Morgan fingerprint density at radius 3 is 2.70 bits per heavy atom. The first-order chi connectivity index (χ1) is 16.0. The van der Waals surface area contributed by atoms with Crippen molar-refractivity contribution in [2.45, 2.75) is 38.4 Å². The molecule has 2 aliphatic heterocycles. The minimum absolute atomic E-state index is 0.00474. The fourth-order valence-electron chi connectivity index (χ4n) is 4.71. The van der Waals surface area contributed by atoms with Crippen molar-refractivity contribution in [3.05, 3.63) is 58.6 Å². The molecule has 0 bridgehead atoms. The lowest BCUT2D eigenvalue weighted by molar-refractivity contribution is -0.138. The van der Waals surface area contributed by atoms with Crippen molar-refractivity contribution in [1.82, 2.24) is 15.5 Å². The van der Waals surface area contributed by atoms with Crippen LogP contribution in [0.25, 0.3) is 0 Å². The largest absolute Gasteiger partial charge is 0.454 e. The van der Waals surface area contributed by atoms with Crippen LogP contribution in [0.4, 0.5) is 0 Å². The van der Waals surface area contributed by atoms with Gasteiger partial charge in [-0.2, -0.15) is 0 Å². The molecule has 2 fully saturated rings. The summed E-state index contributed by atoms with van der Waals surface area (Å²) in [7, 11) is 0. The van der Waals surface area contributed by atoms with E-state index >= 15 is 0 Å². The highest BCUT2D eigenvalue weighted by atomic mass is 35.5. The van der Waals surface area contributed by atoms with E-state index in [0.717, 1.165) is 16.9 Å². The molecule has 1 saturated carbocycles. The Bertz CT molecular complexity index is 1090. The van der Waals surface area contributed by atoms with Crippen molar-refractivity contribution in [2.24, 2.45) is 11.8 Å². The van der Waals surface area contributed by atoms with Crippen LogP contribution in [0.1, 0.15) is 30.4 Å². The summed E-state index contributed by atoms with van der Waals surface area (Å²) in [4.78, 5) is 27.6. The van der Waals surface area contributed by atoms with Crippen LogP contribution in [-0.2, 0) is 22.7 Å². The van der Waals surface area contributed by atoms with Crippen molar-refractivity contribution in [1.29, 1.82) is 0 Å². The number of nitrogens with one attached hydrogen (secondary N) is 2. The Kier molecular flexibility index (Phi) is 6.12. The van der Waals surface area contributed by atoms with Crippen LogP contribution in [-0.4, -0.2) is 34.7 Å². The second kappa shape index (κ2) is 9.19. The van der Waals surface area contributed by atoms with Gasteiger partial charge in [0.2, 0.25) is 18.6 Å². The standard InChI is InChI=1S/C24H24ClN3O4S/c25-17-5-1-14(2-6-17)12-28-23(30)18-7-4-16(10-19(18)27-24(28)33)22(29)26-11-15-3-8-20-21(9-15)32-13-31-20/h1-3,5-6,8-9,16,18-19H,4,7,10-13H2,(H,26,29)(H,27,33). The number of carbonyl (C=O) groups is 2. The fourth-order valence-corrected chi connectivity index (χ4v) is 5.14. The molecule has 5 rings (SSSR count). The van der Waals surface area contributed by atoms with Crippen LogP contribution in [0, 0.1) is 11.8 Å². The lowest BCUT2D eigenvalue weighted by Crippen LogP contribution is -2.61. The van der Waals surface area contributed by atoms with Crippen LogP contribution >= 0.6 is 23.8 Å². The molecule has 172 valence electrons. The van der Waals surface area contributed by atoms with E-state index in [2.05, 4.69) is 10.6 Å². The molecule has 0 spiro atoms. The first-order valence-corrected chi connectivity index (χ1v) is 11.8. The maximum absolute atomic E-state index is 13.2. The van der Waals surface area contributed by atoms with Gasteiger partial charge < -0.3 is 20.1 Å². The summed E-state index contributed by atoms with van der Waals surface area (Å²) in [6.45, 7) is 1.05. The number of carbonyl (C=O) groups excluding carboxylic acids is 2. The summed E-state index contributed by atoms with van der Waals surface area (Å²) in [6, 6.07) is 12.9. The Morgan fingerprint density at radius 2 is 1.88 bits per heavy atom. The average molecular weight is 486 g/mol. The third kappa shape index (κ3) is 4.63. The van der Waals surface area contributed by atoms with Gasteiger partial charge in [-0.15, -0.1) is 0 Å². The summed E-state index contributed by atoms with van der Waals surface area (Å²) in [5, 5.41) is 7.41. The summed E-state index contributed by atoms with van der Waals surface area (Å²) >= 11 is 11.5. The van der Waals surface area contributed by atoms with Crippen molar-refractivity contribution >= 4 is 40.7 Å². The van der Waals surface area contributed by atoms with E-state index in [1.807, 2.05) is 30.3 Å². The van der Waals surface area contributed by atoms with Gasteiger partial charge in [0.05, 0.1) is 12.5 Å². The highest BCUT2D eigenvalue weighted by Crippen LogP contribution is 2.35. The SMILES string of the molecule is O=C(NCc1ccc2c(c1)OCO2)C1CCC2C(=O)N(Cc3ccc(Cl)cc3)C(=S)NC2C1. The van der Waals surface area contributed by atoms with Gasteiger partial charge in [-0.25, -0.2) is 0 Å². The van der Waals surface area contributed by atoms with Crippen LogP contribution in [0.15, 0.2) is 42.5 Å². The Labute approximate surface area is 202 Å². The van der Waals surface area contributed by atoms with Gasteiger partial charge in [0.25, 0.3) is 0 Å². The van der Waals surface area contributed by atoms with E-state index in [9.17, 15) is 9.59 Å². The van der Waals surface area contributed by atoms with Gasteiger partial charge in [-0.3, -0.25) is 14.5 Å². The molecule has 7 nitrogen and oxygen atoms in total. The molecule has 0 aromatic heterocycles. The highest BCUT2D eigenvalue weighted by molar-refractivity contribution is 7.80. The molecule has 1 aliphatic carbocycles. The molecule has 3 unspecified atom stereocenters. The zero-order chi connectivity index (χ0) is 22.9.